The maximum absolute atomic E-state index is 13.7. The molecule has 3 nitrogen and oxygen atoms in total. The number of aryl methyl sites for hydroxylation is 1. The topological polar surface area (TPSA) is 34.4 Å². The van der Waals surface area contributed by atoms with E-state index in [1.165, 1.54) is 31.6 Å². The van der Waals surface area contributed by atoms with E-state index in [9.17, 15) is 4.79 Å². The average Bonchev–Trinajstić information content (AvgIpc) is 3.14. The lowest BCUT2D eigenvalue weighted by atomic mass is 9.83. The first-order chi connectivity index (χ1) is 16.1. The first-order valence-electron chi connectivity index (χ1n) is 10.7. The van der Waals surface area contributed by atoms with Crippen molar-refractivity contribution in [2.75, 3.05) is 0 Å². The van der Waals surface area contributed by atoms with Gasteiger partial charge in [0.25, 0.3) is 5.56 Å². The first-order valence-corrected chi connectivity index (χ1v) is 13.0. The van der Waals surface area contributed by atoms with Crippen LogP contribution in [0, 0.1) is 3.57 Å². The van der Waals surface area contributed by atoms with Gasteiger partial charge in [-0.25, -0.2) is 4.99 Å². The number of rotatable bonds is 2. The average molecular weight is 581 g/mol. The van der Waals surface area contributed by atoms with Gasteiger partial charge in [0.15, 0.2) is 4.80 Å². The Balaban J connectivity index is 1.62. The van der Waals surface area contributed by atoms with Crippen LogP contribution in [0.4, 0.5) is 0 Å². The van der Waals surface area contributed by atoms with Crippen LogP contribution in [-0.2, 0) is 6.42 Å². The van der Waals surface area contributed by atoms with Crippen molar-refractivity contribution in [3.8, 4) is 0 Å². The van der Waals surface area contributed by atoms with Gasteiger partial charge >= 0.3 is 0 Å². The highest BCUT2D eigenvalue weighted by Crippen LogP contribution is 2.41. The number of allylic oxidation sites excluding steroid dienone is 1. The normalized spacial score (nSPS) is 17.3. The summed E-state index contributed by atoms with van der Waals surface area (Å²) in [6, 6.07) is 24.3. The summed E-state index contributed by atoms with van der Waals surface area (Å²) in [5, 5.41) is 0.688. The molecule has 1 unspecified atom stereocenters. The molecule has 0 fully saturated rings. The van der Waals surface area contributed by atoms with E-state index in [1.807, 2.05) is 47.0 Å². The fourth-order valence-electron chi connectivity index (χ4n) is 4.68. The molecule has 0 N–H and O–H groups in total. The minimum atomic E-state index is -0.180. The van der Waals surface area contributed by atoms with Crippen molar-refractivity contribution >= 4 is 57.3 Å². The number of nitrogens with zero attached hydrogens (tertiary/aromatic N) is 2. The van der Waals surface area contributed by atoms with Gasteiger partial charge in [-0.1, -0.05) is 71.5 Å². The summed E-state index contributed by atoms with van der Waals surface area (Å²) in [4.78, 5) is 19.5. The van der Waals surface area contributed by atoms with E-state index in [0.29, 0.717) is 9.55 Å². The molecule has 1 aromatic heterocycles. The molecule has 4 aromatic rings. The van der Waals surface area contributed by atoms with E-state index in [0.717, 1.165) is 34.5 Å². The maximum atomic E-state index is 13.7. The van der Waals surface area contributed by atoms with Crippen molar-refractivity contribution in [3.05, 3.63) is 129 Å². The molecule has 1 aliphatic carbocycles. The number of hydrogen-bond donors (Lipinski definition) is 0. The van der Waals surface area contributed by atoms with Gasteiger partial charge in [0.2, 0.25) is 0 Å². The Bertz CT molecular complexity index is 1600. The predicted molar refractivity (Wildman–Crippen MR) is 143 cm³/mol. The Hall–Kier alpha value is -2.48. The molecule has 0 radical (unpaired) electrons. The van der Waals surface area contributed by atoms with Gasteiger partial charge < -0.3 is 0 Å². The Morgan fingerprint density at radius 1 is 1.00 bits per heavy atom. The van der Waals surface area contributed by atoms with Crippen LogP contribution in [0.3, 0.4) is 0 Å². The van der Waals surface area contributed by atoms with Crippen molar-refractivity contribution in [1.82, 2.24) is 4.57 Å². The second kappa shape index (κ2) is 8.38. The molecule has 1 atom stereocenters. The first kappa shape index (κ1) is 21.1. The lowest BCUT2D eigenvalue weighted by Gasteiger charge is -2.30. The van der Waals surface area contributed by atoms with Crippen LogP contribution in [0.5, 0.6) is 0 Å². The van der Waals surface area contributed by atoms with Crippen molar-refractivity contribution in [3.63, 3.8) is 0 Å². The summed E-state index contributed by atoms with van der Waals surface area (Å²) < 4.78 is 3.74. The van der Waals surface area contributed by atoms with E-state index < -0.39 is 0 Å². The standard InChI is InChI=1S/C27H18ClIN2OS/c28-19-10-7-18(8-11-19)25-22-14-9-17-3-1-2-4-21(17)24(22)30-27-31(25)26(32)23(33-27)15-16-5-12-20(29)13-6-16/h1-8,10-13,15,25H,9,14H2. The molecule has 0 saturated carbocycles. The number of thiazole rings is 1. The van der Waals surface area contributed by atoms with Crippen molar-refractivity contribution < 1.29 is 0 Å². The smallest absolute Gasteiger partial charge is 0.271 e. The molecule has 3 aromatic carbocycles. The largest absolute Gasteiger partial charge is 0.272 e. The molecule has 162 valence electrons. The Morgan fingerprint density at radius 2 is 1.76 bits per heavy atom. The summed E-state index contributed by atoms with van der Waals surface area (Å²) >= 11 is 9.94. The highest BCUT2D eigenvalue weighted by molar-refractivity contribution is 14.1. The molecule has 1 aliphatic heterocycles. The van der Waals surface area contributed by atoms with Crippen LogP contribution >= 0.6 is 45.5 Å². The maximum Gasteiger partial charge on any atom is 0.271 e. The second-order valence-electron chi connectivity index (χ2n) is 8.22. The minimum absolute atomic E-state index is 0.00246. The highest BCUT2D eigenvalue weighted by Gasteiger charge is 2.32. The van der Waals surface area contributed by atoms with Crippen LogP contribution in [0.25, 0.3) is 11.8 Å². The molecule has 33 heavy (non-hydrogen) atoms. The van der Waals surface area contributed by atoms with E-state index >= 15 is 0 Å². The lowest BCUT2D eigenvalue weighted by molar-refractivity contribution is 0.585. The number of fused-ring (bicyclic) bond motifs is 3. The number of benzene rings is 3. The SMILES string of the molecule is O=c1c(=Cc2ccc(I)cc2)sc2n1C(c1ccc(Cl)cc1)C1=C(N=2)c2ccccc2CC1. The molecule has 6 heteroatoms. The number of hydrogen-bond acceptors (Lipinski definition) is 3. The van der Waals surface area contributed by atoms with Gasteiger partial charge in [-0.15, -0.1) is 0 Å². The molecule has 6 rings (SSSR count). The van der Waals surface area contributed by atoms with Crippen LogP contribution in [0.15, 0.2) is 88.2 Å². The van der Waals surface area contributed by atoms with Crippen molar-refractivity contribution in [2.24, 2.45) is 4.99 Å². The molecule has 0 saturated heterocycles. The molecule has 0 bridgehead atoms. The summed E-state index contributed by atoms with van der Waals surface area (Å²) in [5.41, 5.74) is 6.77. The van der Waals surface area contributed by atoms with Crippen LogP contribution < -0.4 is 14.9 Å². The zero-order chi connectivity index (χ0) is 22.5. The third-order valence-electron chi connectivity index (χ3n) is 6.23. The summed E-state index contributed by atoms with van der Waals surface area (Å²) in [5.74, 6) is 0. The third-order valence-corrected chi connectivity index (χ3v) is 8.18. The van der Waals surface area contributed by atoms with E-state index in [1.54, 1.807) is 0 Å². The molecular formula is C27H18ClIN2OS. The van der Waals surface area contributed by atoms with E-state index in [4.69, 9.17) is 16.6 Å². The molecule has 0 amide bonds. The number of aromatic nitrogens is 1. The Kier molecular flexibility index (Phi) is 5.35. The molecule has 2 heterocycles. The molecular weight excluding hydrogens is 563 g/mol. The summed E-state index contributed by atoms with van der Waals surface area (Å²) in [6.07, 6.45) is 3.79. The zero-order valence-electron chi connectivity index (χ0n) is 17.5. The van der Waals surface area contributed by atoms with Gasteiger partial charge in [-0.3, -0.25) is 9.36 Å². The fourth-order valence-corrected chi connectivity index (χ4v) is 6.16. The van der Waals surface area contributed by atoms with Gasteiger partial charge in [0.05, 0.1) is 16.3 Å². The Labute approximate surface area is 213 Å². The van der Waals surface area contributed by atoms with Gasteiger partial charge in [0, 0.05) is 14.2 Å². The van der Waals surface area contributed by atoms with Gasteiger partial charge in [-0.05, 0) is 88.0 Å². The van der Waals surface area contributed by atoms with Crippen LogP contribution in [0.1, 0.15) is 34.7 Å². The zero-order valence-corrected chi connectivity index (χ0v) is 21.2. The van der Waals surface area contributed by atoms with Crippen LogP contribution in [0.2, 0.25) is 5.02 Å². The van der Waals surface area contributed by atoms with Crippen molar-refractivity contribution in [1.29, 1.82) is 0 Å². The monoisotopic (exact) mass is 580 g/mol. The van der Waals surface area contributed by atoms with E-state index in [2.05, 4.69) is 59.0 Å². The third kappa shape index (κ3) is 3.72. The van der Waals surface area contributed by atoms with Gasteiger partial charge in [0.1, 0.15) is 0 Å². The minimum Gasteiger partial charge on any atom is -0.272 e. The Morgan fingerprint density at radius 3 is 2.55 bits per heavy atom. The second-order valence-corrected chi connectivity index (χ2v) is 10.9. The predicted octanol–water partition coefficient (Wildman–Crippen LogP) is 5.58. The van der Waals surface area contributed by atoms with E-state index in [-0.39, 0.29) is 11.6 Å². The number of halogens is 2. The van der Waals surface area contributed by atoms with Crippen LogP contribution in [-0.4, -0.2) is 4.57 Å². The quantitative estimate of drug-likeness (QED) is 0.285. The van der Waals surface area contributed by atoms with Crippen molar-refractivity contribution in [2.45, 2.75) is 18.9 Å². The highest BCUT2D eigenvalue weighted by atomic mass is 127. The summed E-state index contributed by atoms with van der Waals surface area (Å²) in [7, 11) is 0. The lowest BCUT2D eigenvalue weighted by Crippen LogP contribution is -2.38. The fraction of sp³-hybridized carbons (Fsp3) is 0.111. The molecule has 2 aliphatic rings. The molecule has 0 spiro atoms. The summed E-state index contributed by atoms with van der Waals surface area (Å²) in [6.45, 7) is 0. The van der Waals surface area contributed by atoms with Gasteiger partial charge in [-0.2, -0.15) is 0 Å².